The van der Waals surface area contributed by atoms with Crippen molar-refractivity contribution in [3.05, 3.63) is 85.1 Å². The van der Waals surface area contributed by atoms with E-state index < -0.39 is 86.7 Å². The van der Waals surface area contributed by atoms with E-state index in [1.165, 1.54) is 19.3 Å². The van der Waals surface area contributed by atoms with Gasteiger partial charge in [0.05, 0.1) is 26.4 Å². The van der Waals surface area contributed by atoms with Crippen molar-refractivity contribution in [1.29, 1.82) is 0 Å². The summed E-state index contributed by atoms with van der Waals surface area (Å²) in [4.78, 5) is 13.0. The Bertz CT molecular complexity index is 1460. The average molecular weight is 977 g/mol. The standard InChI is InChI=1S/C55H92O14/c1-3-5-7-9-11-13-15-17-19-20-21-22-23-25-27-29-31-33-35-37-39-64-41-44(67-47(57)38-36-34-32-30-28-26-24-18-16-14-12-10-8-6-4-2)42-65-54-53(63)51(61)49(59)46(69-54)43-66-55-52(62)50(60)48(58)45(40-56)68-55/h5,7,11-14,17-19,21-22,24-25,27,44-46,48-56,58-63H,3-4,6,8-10,15-16,20,23,26,28-43H2,1-2H3/b7-5-,13-11-,14-12-,19-17-,22-21-,24-18-,27-25-. The van der Waals surface area contributed by atoms with Crippen LogP contribution in [-0.2, 0) is 33.2 Å². The molecule has 396 valence electrons. The van der Waals surface area contributed by atoms with E-state index in [-0.39, 0.29) is 19.6 Å². The molecule has 11 unspecified atom stereocenters. The first-order valence-electron chi connectivity index (χ1n) is 26.2. The van der Waals surface area contributed by atoms with Gasteiger partial charge in [0.2, 0.25) is 0 Å². The van der Waals surface area contributed by atoms with Crippen LogP contribution in [0.25, 0.3) is 0 Å². The summed E-state index contributed by atoms with van der Waals surface area (Å²) in [5, 5.41) is 72.2. The minimum Gasteiger partial charge on any atom is -0.457 e. The highest BCUT2D eigenvalue weighted by Crippen LogP contribution is 2.26. The summed E-state index contributed by atoms with van der Waals surface area (Å²) in [5.41, 5.74) is 0. The van der Waals surface area contributed by atoms with Gasteiger partial charge in [0, 0.05) is 13.0 Å². The molecule has 0 aromatic carbocycles. The van der Waals surface area contributed by atoms with Crippen LogP contribution in [0, 0.1) is 0 Å². The Balaban J connectivity index is 1.78. The molecule has 2 aliphatic rings. The Labute approximate surface area is 414 Å². The molecule has 0 aromatic rings. The molecule has 69 heavy (non-hydrogen) atoms. The van der Waals surface area contributed by atoms with Crippen LogP contribution in [0.2, 0.25) is 0 Å². The predicted octanol–water partition coefficient (Wildman–Crippen LogP) is 8.07. The van der Waals surface area contributed by atoms with Gasteiger partial charge in [-0.15, -0.1) is 0 Å². The van der Waals surface area contributed by atoms with Gasteiger partial charge in [-0.1, -0.05) is 144 Å². The molecule has 14 heteroatoms. The highest BCUT2D eigenvalue weighted by Gasteiger charge is 2.47. The zero-order chi connectivity index (χ0) is 50.2. The Morgan fingerprint density at radius 3 is 1.48 bits per heavy atom. The van der Waals surface area contributed by atoms with E-state index in [9.17, 15) is 40.5 Å². The van der Waals surface area contributed by atoms with Gasteiger partial charge in [-0.2, -0.15) is 0 Å². The average Bonchev–Trinajstić information content (AvgIpc) is 3.35. The molecule has 0 amide bonds. The summed E-state index contributed by atoms with van der Waals surface area (Å²) in [5.74, 6) is -0.403. The van der Waals surface area contributed by atoms with Gasteiger partial charge in [0.15, 0.2) is 12.6 Å². The summed E-state index contributed by atoms with van der Waals surface area (Å²) < 4.78 is 34.2. The smallest absolute Gasteiger partial charge is 0.306 e. The summed E-state index contributed by atoms with van der Waals surface area (Å²) in [7, 11) is 0. The number of hydrogen-bond donors (Lipinski definition) is 7. The SMILES string of the molecule is CC/C=C\C/C=C\C/C=C\C/C=C\C/C=C\CCCCCCOCC(COC1OC(COC2OC(CO)C(O)C(O)C2O)C(O)C(O)C1O)OC(=O)CCCCCCC/C=C\C/C=C\CCCCC. The fourth-order valence-electron chi connectivity index (χ4n) is 7.63. The number of carbonyl (C=O) groups is 1. The van der Waals surface area contributed by atoms with Crippen LogP contribution in [0.5, 0.6) is 0 Å². The number of allylic oxidation sites excluding steroid dienone is 14. The second kappa shape index (κ2) is 41.8. The van der Waals surface area contributed by atoms with Gasteiger partial charge in [-0.05, 0) is 89.9 Å². The third kappa shape index (κ3) is 29.3. The van der Waals surface area contributed by atoms with Crippen LogP contribution in [0.1, 0.15) is 155 Å². The fourth-order valence-corrected chi connectivity index (χ4v) is 7.63. The number of carbonyl (C=O) groups excluding carboxylic acids is 1. The Kier molecular flexibility index (Phi) is 37.7. The van der Waals surface area contributed by atoms with E-state index in [2.05, 4.69) is 98.9 Å². The number of aliphatic hydroxyl groups excluding tert-OH is 7. The lowest BCUT2D eigenvalue weighted by Crippen LogP contribution is -2.61. The molecule has 0 aromatic heterocycles. The molecule has 0 bridgehead atoms. The maximum absolute atomic E-state index is 13.0. The molecular weight excluding hydrogens is 885 g/mol. The molecule has 0 radical (unpaired) electrons. The van der Waals surface area contributed by atoms with E-state index in [1.54, 1.807) is 0 Å². The molecule has 2 rings (SSSR count). The van der Waals surface area contributed by atoms with Crippen LogP contribution in [-0.4, -0.2) is 142 Å². The Morgan fingerprint density at radius 2 is 0.942 bits per heavy atom. The van der Waals surface area contributed by atoms with E-state index in [4.69, 9.17) is 28.4 Å². The van der Waals surface area contributed by atoms with E-state index in [0.29, 0.717) is 13.0 Å². The zero-order valence-electron chi connectivity index (χ0n) is 42.0. The van der Waals surface area contributed by atoms with Gasteiger partial charge >= 0.3 is 5.97 Å². The van der Waals surface area contributed by atoms with Crippen molar-refractivity contribution in [2.24, 2.45) is 0 Å². The minimum absolute atomic E-state index is 0.0333. The zero-order valence-corrected chi connectivity index (χ0v) is 42.0. The number of esters is 1. The third-order valence-corrected chi connectivity index (χ3v) is 11.9. The van der Waals surface area contributed by atoms with Crippen molar-refractivity contribution < 1.29 is 69.0 Å². The van der Waals surface area contributed by atoms with Gasteiger partial charge < -0.3 is 64.2 Å². The lowest BCUT2D eigenvalue weighted by atomic mass is 9.98. The highest BCUT2D eigenvalue weighted by molar-refractivity contribution is 5.69. The highest BCUT2D eigenvalue weighted by atomic mass is 16.7. The van der Waals surface area contributed by atoms with Crippen LogP contribution >= 0.6 is 0 Å². The number of aliphatic hydroxyl groups is 7. The van der Waals surface area contributed by atoms with E-state index in [1.807, 2.05) is 0 Å². The summed E-state index contributed by atoms with van der Waals surface area (Å²) in [6, 6.07) is 0. The number of rotatable bonds is 40. The van der Waals surface area contributed by atoms with Gasteiger partial charge in [-0.25, -0.2) is 0 Å². The number of unbranched alkanes of at least 4 members (excludes halogenated alkanes) is 12. The normalized spacial score (nSPS) is 26.4. The molecular formula is C55H92O14. The summed E-state index contributed by atoms with van der Waals surface area (Å²) in [6.07, 6.45) is 36.4. The first-order valence-corrected chi connectivity index (χ1v) is 26.2. The first kappa shape index (κ1) is 62.3. The van der Waals surface area contributed by atoms with Crippen LogP contribution in [0.4, 0.5) is 0 Å². The largest absolute Gasteiger partial charge is 0.457 e. The van der Waals surface area contributed by atoms with Gasteiger partial charge in [-0.3, -0.25) is 4.79 Å². The molecule has 2 fully saturated rings. The quantitative estimate of drug-likeness (QED) is 0.0176. The van der Waals surface area contributed by atoms with Crippen LogP contribution in [0.15, 0.2) is 85.1 Å². The molecule has 2 aliphatic heterocycles. The number of ether oxygens (including phenoxy) is 6. The topological polar surface area (TPSA) is 214 Å². The van der Waals surface area contributed by atoms with Gasteiger partial charge in [0.1, 0.15) is 54.9 Å². The first-order chi connectivity index (χ1) is 33.6. The molecule has 2 saturated heterocycles. The van der Waals surface area contributed by atoms with Crippen molar-refractivity contribution in [2.75, 3.05) is 33.0 Å². The molecule has 0 saturated carbocycles. The maximum Gasteiger partial charge on any atom is 0.306 e. The van der Waals surface area contributed by atoms with E-state index in [0.717, 1.165) is 109 Å². The summed E-state index contributed by atoms with van der Waals surface area (Å²) >= 11 is 0. The Morgan fingerprint density at radius 1 is 0.493 bits per heavy atom. The molecule has 11 atom stereocenters. The van der Waals surface area contributed by atoms with Crippen LogP contribution < -0.4 is 0 Å². The second-order valence-corrected chi connectivity index (χ2v) is 18.0. The molecule has 7 N–H and O–H groups in total. The molecule has 0 spiro atoms. The van der Waals surface area contributed by atoms with Crippen molar-refractivity contribution in [1.82, 2.24) is 0 Å². The predicted molar refractivity (Wildman–Crippen MR) is 270 cm³/mol. The minimum atomic E-state index is -1.72. The fraction of sp³-hybridized carbons (Fsp3) is 0.727. The van der Waals surface area contributed by atoms with Crippen molar-refractivity contribution in [3.63, 3.8) is 0 Å². The maximum atomic E-state index is 13.0. The van der Waals surface area contributed by atoms with E-state index >= 15 is 0 Å². The summed E-state index contributed by atoms with van der Waals surface area (Å²) in [6.45, 7) is 3.44. The van der Waals surface area contributed by atoms with Crippen LogP contribution in [0.3, 0.4) is 0 Å². The molecule has 0 aliphatic carbocycles. The monoisotopic (exact) mass is 977 g/mol. The van der Waals surface area contributed by atoms with Crippen molar-refractivity contribution in [2.45, 2.75) is 223 Å². The molecule has 2 heterocycles. The van der Waals surface area contributed by atoms with Crippen molar-refractivity contribution >= 4 is 5.97 Å². The lowest BCUT2D eigenvalue weighted by Gasteiger charge is -2.42. The second-order valence-electron chi connectivity index (χ2n) is 18.0. The number of hydrogen-bond acceptors (Lipinski definition) is 14. The molecule has 14 nitrogen and oxygen atoms in total. The Hall–Kier alpha value is -2.83. The van der Waals surface area contributed by atoms with Gasteiger partial charge in [0.25, 0.3) is 0 Å². The lowest BCUT2D eigenvalue weighted by molar-refractivity contribution is -0.332. The third-order valence-electron chi connectivity index (χ3n) is 11.9. The van der Waals surface area contributed by atoms with Crippen molar-refractivity contribution in [3.8, 4) is 0 Å².